The van der Waals surface area contributed by atoms with Gasteiger partial charge in [0.1, 0.15) is 0 Å². The molecule has 2 rings (SSSR count). The van der Waals surface area contributed by atoms with Gasteiger partial charge in [0.2, 0.25) is 5.89 Å². The summed E-state index contributed by atoms with van der Waals surface area (Å²) < 4.78 is 5.68. The first kappa shape index (κ1) is 15.8. The summed E-state index contributed by atoms with van der Waals surface area (Å²) in [7, 11) is 2.05. The summed E-state index contributed by atoms with van der Waals surface area (Å²) >= 11 is 1.85. The highest BCUT2D eigenvalue weighted by Gasteiger charge is 2.32. The zero-order valence-electron chi connectivity index (χ0n) is 13.2. The van der Waals surface area contributed by atoms with E-state index in [1.807, 2.05) is 11.8 Å². The highest BCUT2D eigenvalue weighted by Crippen LogP contribution is 2.31. The van der Waals surface area contributed by atoms with Crippen LogP contribution in [0, 0.1) is 0 Å². The standard InChI is InChI=1S/C15H27N3OS/c1-14(2,3)20-11-12-17-13(19-18-12)10-15(16-4)8-6-5-7-9-15/h16H,5-11H2,1-4H3. The third-order valence-corrected chi connectivity index (χ3v) is 5.24. The van der Waals surface area contributed by atoms with Gasteiger partial charge in [-0.1, -0.05) is 45.2 Å². The third-order valence-electron chi connectivity index (χ3n) is 3.98. The summed E-state index contributed by atoms with van der Waals surface area (Å²) in [6, 6.07) is 0. The van der Waals surface area contributed by atoms with Gasteiger partial charge in [0.25, 0.3) is 0 Å². The number of nitrogens with one attached hydrogen (secondary N) is 1. The lowest BCUT2D eigenvalue weighted by Gasteiger charge is -2.36. The largest absolute Gasteiger partial charge is 0.339 e. The Balaban J connectivity index is 1.94. The van der Waals surface area contributed by atoms with Crippen LogP contribution in [0.2, 0.25) is 0 Å². The Hall–Kier alpha value is -0.550. The van der Waals surface area contributed by atoms with Crippen LogP contribution >= 0.6 is 11.8 Å². The molecule has 0 bridgehead atoms. The van der Waals surface area contributed by atoms with Gasteiger partial charge in [0.15, 0.2) is 5.82 Å². The van der Waals surface area contributed by atoms with E-state index < -0.39 is 0 Å². The Labute approximate surface area is 126 Å². The minimum absolute atomic E-state index is 0.166. The molecule has 114 valence electrons. The normalized spacial score (nSPS) is 19.2. The molecule has 0 unspecified atom stereocenters. The second kappa shape index (κ2) is 6.48. The summed E-state index contributed by atoms with van der Waals surface area (Å²) in [5.74, 6) is 2.42. The van der Waals surface area contributed by atoms with Gasteiger partial charge in [-0.15, -0.1) is 11.8 Å². The Morgan fingerprint density at radius 3 is 2.55 bits per heavy atom. The molecule has 1 fully saturated rings. The van der Waals surface area contributed by atoms with Gasteiger partial charge >= 0.3 is 0 Å². The average molecular weight is 297 g/mol. The number of thioether (sulfide) groups is 1. The number of rotatable bonds is 5. The van der Waals surface area contributed by atoms with Gasteiger partial charge in [0, 0.05) is 16.7 Å². The predicted octanol–water partition coefficient (Wildman–Crippen LogP) is 3.57. The minimum atomic E-state index is 0.166. The Morgan fingerprint density at radius 2 is 1.95 bits per heavy atom. The molecule has 0 radical (unpaired) electrons. The van der Waals surface area contributed by atoms with E-state index in [4.69, 9.17) is 4.52 Å². The molecule has 0 amide bonds. The lowest BCUT2D eigenvalue weighted by atomic mass is 9.79. The Morgan fingerprint density at radius 1 is 1.25 bits per heavy atom. The van der Waals surface area contributed by atoms with E-state index >= 15 is 0 Å². The quantitative estimate of drug-likeness (QED) is 0.900. The number of hydrogen-bond acceptors (Lipinski definition) is 5. The predicted molar refractivity (Wildman–Crippen MR) is 83.9 cm³/mol. The molecule has 1 aliphatic carbocycles. The summed E-state index contributed by atoms with van der Waals surface area (Å²) in [5, 5.41) is 7.61. The van der Waals surface area contributed by atoms with E-state index in [-0.39, 0.29) is 10.3 Å². The topological polar surface area (TPSA) is 51.0 Å². The number of nitrogens with zero attached hydrogens (tertiary/aromatic N) is 2. The van der Waals surface area contributed by atoms with Crippen molar-refractivity contribution >= 4 is 11.8 Å². The molecule has 0 aliphatic heterocycles. The fourth-order valence-corrected chi connectivity index (χ4v) is 3.41. The SMILES string of the molecule is CNC1(Cc2nc(CSC(C)(C)C)no2)CCCCC1. The first-order valence-electron chi connectivity index (χ1n) is 7.57. The molecule has 0 aromatic carbocycles. The molecule has 1 aliphatic rings. The molecular weight excluding hydrogens is 270 g/mol. The van der Waals surface area contributed by atoms with Crippen LogP contribution in [0.4, 0.5) is 0 Å². The lowest BCUT2D eigenvalue weighted by molar-refractivity contribution is 0.221. The summed E-state index contributed by atoms with van der Waals surface area (Å²) in [6.45, 7) is 6.62. The van der Waals surface area contributed by atoms with Crippen LogP contribution in [-0.2, 0) is 12.2 Å². The van der Waals surface area contributed by atoms with E-state index in [0.29, 0.717) is 0 Å². The van der Waals surface area contributed by atoms with E-state index in [9.17, 15) is 0 Å². The molecule has 4 nitrogen and oxygen atoms in total. The highest BCUT2D eigenvalue weighted by atomic mass is 32.2. The summed E-state index contributed by atoms with van der Waals surface area (Å²) in [6.07, 6.45) is 7.21. The van der Waals surface area contributed by atoms with E-state index in [2.05, 4.69) is 43.3 Å². The van der Waals surface area contributed by atoms with Crippen molar-refractivity contribution in [2.45, 2.75) is 75.3 Å². The maximum Gasteiger partial charge on any atom is 0.228 e. The maximum atomic E-state index is 5.45. The van der Waals surface area contributed by atoms with E-state index in [1.54, 1.807) is 0 Å². The number of hydrogen-bond donors (Lipinski definition) is 1. The molecule has 20 heavy (non-hydrogen) atoms. The molecular formula is C15H27N3OS. The number of likely N-dealkylation sites (N-methyl/N-ethyl adjacent to an activating group) is 1. The maximum absolute atomic E-state index is 5.45. The van der Waals surface area contributed by atoms with Crippen LogP contribution < -0.4 is 5.32 Å². The number of aromatic nitrogens is 2. The Kier molecular flexibility index (Phi) is 5.13. The van der Waals surface area contributed by atoms with E-state index in [0.717, 1.165) is 23.9 Å². The van der Waals surface area contributed by atoms with E-state index in [1.165, 1.54) is 32.1 Å². The highest BCUT2D eigenvalue weighted by molar-refractivity contribution is 7.99. The van der Waals surface area contributed by atoms with Gasteiger partial charge in [-0.25, -0.2) is 0 Å². The van der Waals surface area contributed by atoms with Crippen molar-refractivity contribution in [2.24, 2.45) is 0 Å². The van der Waals surface area contributed by atoms with Gasteiger partial charge in [-0.3, -0.25) is 0 Å². The van der Waals surface area contributed by atoms with Crippen molar-refractivity contribution in [1.82, 2.24) is 15.5 Å². The van der Waals surface area contributed by atoms with Crippen molar-refractivity contribution in [2.75, 3.05) is 7.05 Å². The van der Waals surface area contributed by atoms with Crippen LogP contribution in [0.5, 0.6) is 0 Å². The second-order valence-electron chi connectivity index (χ2n) is 6.77. The van der Waals surface area contributed by atoms with Crippen molar-refractivity contribution in [3.05, 3.63) is 11.7 Å². The molecule has 1 saturated carbocycles. The summed E-state index contributed by atoms with van der Waals surface area (Å²) in [4.78, 5) is 4.56. The van der Waals surface area contributed by atoms with Crippen molar-refractivity contribution in [3.8, 4) is 0 Å². The van der Waals surface area contributed by atoms with Gasteiger partial charge in [-0.05, 0) is 19.9 Å². The lowest BCUT2D eigenvalue weighted by Crippen LogP contribution is -2.46. The molecule has 0 spiro atoms. The third kappa shape index (κ3) is 4.48. The monoisotopic (exact) mass is 297 g/mol. The summed E-state index contributed by atoms with van der Waals surface area (Å²) in [5.41, 5.74) is 0.166. The molecule has 0 atom stereocenters. The van der Waals surface area contributed by atoms with Gasteiger partial charge in [0.05, 0.1) is 5.75 Å². The zero-order chi connectivity index (χ0) is 14.6. The smallest absolute Gasteiger partial charge is 0.228 e. The molecule has 1 aromatic heterocycles. The minimum Gasteiger partial charge on any atom is -0.339 e. The molecule has 5 heteroatoms. The van der Waals surface area contributed by atoms with Gasteiger partial charge in [-0.2, -0.15) is 4.98 Å². The van der Waals surface area contributed by atoms with Crippen LogP contribution in [0.3, 0.4) is 0 Å². The van der Waals surface area contributed by atoms with Gasteiger partial charge < -0.3 is 9.84 Å². The Bertz CT molecular complexity index is 419. The molecule has 0 saturated heterocycles. The average Bonchev–Trinajstić information content (AvgIpc) is 2.84. The van der Waals surface area contributed by atoms with Crippen LogP contribution in [-0.4, -0.2) is 27.5 Å². The van der Waals surface area contributed by atoms with Crippen LogP contribution in [0.25, 0.3) is 0 Å². The zero-order valence-corrected chi connectivity index (χ0v) is 14.0. The fraction of sp³-hybridized carbons (Fsp3) is 0.867. The molecule has 1 N–H and O–H groups in total. The molecule has 1 aromatic rings. The van der Waals surface area contributed by atoms with Crippen LogP contribution in [0.1, 0.15) is 64.6 Å². The van der Waals surface area contributed by atoms with Crippen molar-refractivity contribution in [1.29, 1.82) is 0 Å². The van der Waals surface area contributed by atoms with Crippen LogP contribution in [0.15, 0.2) is 4.52 Å². The second-order valence-corrected chi connectivity index (χ2v) is 8.58. The first-order chi connectivity index (χ1) is 9.42. The van der Waals surface area contributed by atoms with Crippen molar-refractivity contribution < 1.29 is 4.52 Å². The first-order valence-corrected chi connectivity index (χ1v) is 8.55. The van der Waals surface area contributed by atoms with Crippen molar-refractivity contribution in [3.63, 3.8) is 0 Å². The molecule has 1 heterocycles. The fourth-order valence-electron chi connectivity index (χ4n) is 2.73.